The van der Waals surface area contributed by atoms with Crippen molar-refractivity contribution in [3.05, 3.63) is 54.1 Å². The fourth-order valence-corrected chi connectivity index (χ4v) is 1.49. The van der Waals surface area contributed by atoms with Gasteiger partial charge in [0.15, 0.2) is 0 Å². The van der Waals surface area contributed by atoms with E-state index in [-0.39, 0.29) is 5.75 Å². The number of aromatic hydroxyl groups is 1. The molecule has 0 bridgehead atoms. The van der Waals surface area contributed by atoms with Gasteiger partial charge < -0.3 is 15.2 Å². The van der Waals surface area contributed by atoms with Gasteiger partial charge in [0, 0.05) is 6.54 Å². The highest BCUT2D eigenvalue weighted by Gasteiger charge is 1.98. The van der Waals surface area contributed by atoms with Crippen molar-refractivity contribution in [3.8, 4) is 17.2 Å². The summed E-state index contributed by atoms with van der Waals surface area (Å²) in [6.45, 7) is 0.503. The van der Waals surface area contributed by atoms with Gasteiger partial charge in [-0.1, -0.05) is 12.1 Å². The lowest BCUT2D eigenvalue weighted by atomic mass is 10.2. The molecular formula is C14H13NO3. The van der Waals surface area contributed by atoms with Gasteiger partial charge in [-0.3, -0.25) is 4.79 Å². The number of carbonyl (C=O) groups is 1. The first-order chi connectivity index (χ1) is 8.78. The summed E-state index contributed by atoms with van der Waals surface area (Å²) in [5.74, 6) is 1.57. The molecule has 0 atom stereocenters. The Bertz CT molecular complexity index is 506. The Labute approximate surface area is 105 Å². The van der Waals surface area contributed by atoms with Gasteiger partial charge in [0.1, 0.15) is 17.2 Å². The molecule has 0 aliphatic heterocycles. The minimum absolute atomic E-state index is 0.206. The van der Waals surface area contributed by atoms with Crippen molar-refractivity contribution in [2.75, 3.05) is 0 Å². The third-order valence-corrected chi connectivity index (χ3v) is 2.39. The van der Waals surface area contributed by atoms with E-state index >= 15 is 0 Å². The Hall–Kier alpha value is -2.49. The Balaban J connectivity index is 2.01. The zero-order valence-corrected chi connectivity index (χ0v) is 9.67. The lowest BCUT2D eigenvalue weighted by molar-refractivity contribution is -0.109. The average molecular weight is 243 g/mol. The SMILES string of the molecule is O=CNCc1ccc(Oc2ccc(O)cc2)cc1. The lowest BCUT2D eigenvalue weighted by Gasteiger charge is -2.06. The molecular weight excluding hydrogens is 230 g/mol. The third-order valence-electron chi connectivity index (χ3n) is 2.39. The smallest absolute Gasteiger partial charge is 0.207 e. The number of nitrogens with one attached hydrogen (secondary N) is 1. The molecule has 0 heterocycles. The standard InChI is InChI=1S/C14H13NO3/c16-10-15-9-11-1-5-13(6-2-11)18-14-7-3-12(17)4-8-14/h1-8,10,17H,9H2,(H,15,16). The van der Waals surface area contributed by atoms with Gasteiger partial charge >= 0.3 is 0 Å². The van der Waals surface area contributed by atoms with Gasteiger partial charge in [-0.2, -0.15) is 0 Å². The molecule has 0 aliphatic rings. The fourth-order valence-electron chi connectivity index (χ4n) is 1.49. The number of ether oxygens (including phenoxy) is 1. The van der Waals surface area contributed by atoms with Crippen molar-refractivity contribution in [3.63, 3.8) is 0 Å². The van der Waals surface area contributed by atoms with E-state index in [1.807, 2.05) is 24.3 Å². The van der Waals surface area contributed by atoms with Crippen molar-refractivity contribution in [1.82, 2.24) is 5.32 Å². The van der Waals surface area contributed by atoms with E-state index in [0.29, 0.717) is 24.5 Å². The first-order valence-corrected chi connectivity index (χ1v) is 5.51. The van der Waals surface area contributed by atoms with Crippen LogP contribution in [0, 0.1) is 0 Å². The Morgan fingerprint density at radius 3 is 2.11 bits per heavy atom. The maximum Gasteiger partial charge on any atom is 0.207 e. The van der Waals surface area contributed by atoms with Crippen LogP contribution in [0.15, 0.2) is 48.5 Å². The Kier molecular flexibility index (Phi) is 3.81. The van der Waals surface area contributed by atoms with E-state index in [0.717, 1.165) is 5.56 Å². The Morgan fingerprint density at radius 1 is 1.00 bits per heavy atom. The maximum absolute atomic E-state index is 10.2. The van der Waals surface area contributed by atoms with Crippen LogP contribution in [-0.2, 0) is 11.3 Å². The van der Waals surface area contributed by atoms with Crippen LogP contribution >= 0.6 is 0 Å². The van der Waals surface area contributed by atoms with Crippen LogP contribution < -0.4 is 10.1 Å². The second kappa shape index (κ2) is 5.72. The largest absolute Gasteiger partial charge is 0.508 e. The van der Waals surface area contributed by atoms with E-state index in [4.69, 9.17) is 9.84 Å². The molecule has 1 amide bonds. The van der Waals surface area contributed by atoms with Crippen LogP contribution in [0.25, 0.3) is 0 Å². The van der Waals surface area contributed by atoms with Crippen molar-refractivity contribution in [1.29, 1.82) is 0 Å². The molecule has 2 rings (SSSR count). The molecule has 92 valence electrons. The summed E-state index contributed by atoms with van der Waals surface area (Å²) in [7, 11) is 0. The first kappa shape index (κ1) is 12.0. The second-order valence-electron chi connectivity index (χ2n) is 3.74. The molecule has 18 heavy (non-hydrogen) atoms. The number of carbonyl (C=O) groups excluding carboxylic acids is 1. The molecule has 0 fully saturated rings. The maximum atomic E-state index is 10.2. The highest BCUT2D eigenvalue weighted by atomic mass is 16.5. The molecule has 4 nitrogen and oxygen atoms in total. The van der Waals surface area contributed by atoms with E-state index in [2.05, 4.69) is 5.32 Å². The molecule has 2 aromatic rings. The van der Waals surface area contributed by atoms with Crippen LogP contribution in [0.2, 0.25) is 0 Å². The molecule has 0 saturated carbocycles. The summed E-state index contributed by atoms with van der Waals surface area (Å²) in [5.41, 5.74) is 1.00. The van der Waals surface area contributed by atoms with Crippen LogP contribution in [0.1, 0.15) is 5.56 Å². The monoisotopic (exact) mass is 243 g/mol. The predicted molar refractivity (Wildman–Crippen MR) is 67.5 cm³/mol. The summed E-state index contributed by atoms with van der Waals surface area (Å²) in [4.78, 5) is 10.2. The molecule has 0 saturated heterocycles. The predicted octanol–water partition coefficient (Wildman–Crippen LogP) is 2.43. The van der Waals surface area contributed by atoms with E-state index < -0.39 is 0 Å². The topological polar surface area (TPSA) is 58.6 Å². The number of phenolic OH excluding ortho intramolecular Hbond substituents is 1. The minimum atomic E-state index is 0.206. The van der Waals surface area contributed by atoms with Crippen LogP contribution in [0.4, 0.5) is 0 Å². The third kappa shape index (κ3) is 3.25. The number of hydrogen-bond acceptors (Lipinski definition) is 3. The summed E-state index contributed by atoms with van der Waals surface area (Å²) in [5, 5.41) is 11.7. The second-order valence-corrected chi connectivity index (χ2v) is 3.74. The molecule has 0 radical (unpaired) electrons. The molecule has 0 aromatic heterocycles. The van der Waals surface area contributed by atoms with Crippen LogP contribution in [0.5, 0.6) is 17.2 Å². The normalized spacial score (nSPS) is 9.78. The van der Waals surface area contributed by atoms with E-state index in [1.54, 1.807) is 24.3 Å². The number of rotatable bonds is 5. The molecule has 0 unspecified atom stereocenters. The molecule has 0 aliphatic carbocycles. The van der Waals surface area contributed by atoms with Crippen molar-refractivity contribution < 1.29 is 14.6 Å². The van der Waals surface area contributed by atoms with E-state index in [9.17, 15) is 4.79 Å². The molecule has 4 heteroatoms. The lowest BCUT2D eigenvalue weighted by Crippen LogP contribution is -2.09. The van der Waals surface area contributed by atoms with Gasteiger partial charge in [-0.05, 0) is 42.0 Å². The number of amides is 1. The van der Waals surface area contributed by atoms with Crippen molar-refractivity contribution >= 4 is 6.41 Å². The molecule has 2 aromatic carbocycles. The molecule has 0 spiro atoms. The number of benzene rings is 2. The quantitative estimate of drug-likeness (QED) is 0.793. The van der Waals surface area contributed by atoms with Gasteiger partial charge in [0.25, 0.3) is 0 Å². The average Bonchev–Trinajstić information content (AvgIpc) is 2.41. The number of phenols is 1. The Morgan fingerprint density at radius 2 is 1.56 bits per heavy atom. The highest BCUT2D eigenvalue weighted by Crippen LogP contribution is 2.23. The van der Waals surface area contributed by atoms with Crippen molar-refractivity contribution in [2.24, 2.45) is 0 Å². The summed E-state index contributed by atoms with van der Waals surface area (Å²) < 4.78 is 5.59. The zero-order valence-electron chi connectivity index (χ0n) is 9.67. The summed E-state index contributed by atoms with van der Waals surface area (Å²) in [6.07, 6.45) is 0.668. The summed E-state index contributed by atoms with van der Waals surface area (Å²) >= 11 is 0. The van der Waals surface area contributed by atoms with Crippen molar-refractivity contribution in [2.45, 2.75) is 6.54 Å². The first-order valence-electron chi connectivity index (χ1n) is 5.51. The van der Waals surface area contributed by atoms with Crippen LogP contribution in [-0.4, -0.2) is 11.5 Å². The summed E-state index contributed by atoms with van der Waals surface area (Å²) in [6, 6.07) is 13.9. The van der Waals surface area contributed by atoms with Gasteiger partial charge in [-0.25, -0.2) is 0 Å². The fraction of sp³-hybridized carbons (Fsp3) is 0.0714. The van der Waals surface area contributed by atoms with E-state index in [1.165, 1.54) is 0 Å². The van der Waals surface area contributed by atoms with Gasteiger partial charge in [0.05, 0.1) is 0 Å². The zero-order chi connectivity index (χ0) is 12.8. The molecule has 2 N–H and O–H groups in total. The number of hydrogen-bond donors (Lipinski definition) is 2. The van der Waals surface area contributed by atoms with Gasteiger partial charge in [0.2, 0.25) is 6.41 Å². The minimum Gasteiger partial charge on any atom is -0.508 e. The highest BCUT2D eigenvalue weighted by molar-refractivity contribution is 5.46. The van der Waals surface area contributed by atoms with Crippen LogP contribution in [0.3, 0.4) is 0 Å². The van der Waals surface area contributed by atoms with Gasteiger partial charge in [-0.15, -0.1) is 0 Å².